The number of carbonyl (C=O) groups is 2. The maximum absolute atomic E-state index is 13.5. The third-order valence-electron chi connectivity index (χ3n) is 10.5. The van der Waals surface area contributed by atoms with Crippen LogP contribution >= 0.6 is 69.0 Å². The number of nitrogens with zero attached hydrogens (tertiary/aromatic N) is 8. The molecule has 0 spiro atoms. The quantitative estimate of drug-likeness (QED) is 0.108. The summed E-state index contributed by atoms with van der Waals surface area (Å²) in [6, 6.07) is 18.9. The number of aromatic nitrogens is 4. The molecular formula is C41H39Cl4F6IN8O5. The molecule has 2 aliphatic heterocycles. The number of amides is 2. The van der Waals surface area contributed by atoms with Crippen LogP contribution in [0.1, 0.15) is 28.7 Å². The highest BCUT2D eigenvalue weighted by Crippen LogP contribution is 2.40. The monoisotopic (exact) mass is 1100 g/mol. The van der Waals surface area contributed by atoms with E-state index in [0.29, 0.717) is 79.5 Å². The second kappa shape index (κ2) is 21.1. The highest BCUT2D eigenvalue weighted by atomic mass is 127. The lowest BCUT2D eigenvalue weighted by atomic mass is 10.1. The predicted molar refractivity (Wildman–Crippen MR) is 241 cm³/mol. The average Bonchev–Trinajstić information content (AvgIpc) is 3.77. The number of halogens is 11. The molecule has 0 bridgehead atoms. The van der Waals surface area contributed by atoms with E-state index in [1.54, 1.807) is 74.9 Å². The smallest absolute Gasteiger partial charge is 0.436 e. The van der Waals surface area contributed by atoms with Crippen molar-refractivity contribution in [3.05, 3.63) is 113 Å². The largest absolute Gasteiger partial charge is 0.495 e. The summed E-state index contributed by atoms with van der Waals surface area (Å²) in [6.07, 6.45) is -11.0. The zero-order valence-electron chi connectivity index (χ0n) is 34.3. The van der Waals surface area contributed by atoms with Gasteiger partial charge in [0.2, 0.25) is 11.8 Å². The van der Waals surface area contributed by atoms with Crippen LogP contribution in [0, 0.1) is 3.70 Å². The Bertz CT molecular complexity index is 2480. The lowest BCUT2D eigenvalue weighted by Crippen LogP contribution is -2.49. The fraction of sp³-hybridized carbons (Fsp3) is 0.366. The number of ether oxygens (including phenoxy) is 2. The third-order valence-corrected chi connectivity index (χ3v) is 13.3. The zero-order chi connectivity index (χ0) is 47.4. The first kappa shape index (κ1) is 50.1. The first-order chi connectivity index (χ1) is 30.7. The molecule has 5 aromatic rings. The summed E-state index contributed by atoms with van der Waals surface area (Å²) in [5, 5.41) is 17.6. The Balaban J connectivity index is 0.000000221. The Morgan fingerprint density at radius 3 is 1.49 bits per heavy atom. The number of piperazine rings is 2. The van der Waals surface area contributed by atoms with E-state index >= 15 is 0 Å². The van der Waals surface area contributed by atoms with Gasteiger partial charge in [0.25, 0.3) is 0 Å². The van der Waals surface area contributed by atoms with Crippen molar-refractivity contribution in [2.24, 2.45) is 0 Å². The number of alkyl halides is 6. The number of aliphatic hydroxyl groups is 1. The number of hydrogen-bond acceptors (Lipinski definition) is 9. The molecule has 0 radical (unpaired) electrons. The number of carbonyl (C=O) groups excluding carboxylic acids is 2. The molecule has 0 saturated carbocycles. The molecule has 1 atom stereocenters. The molecule has 2 fully saturated rings. The summed E-state index contributed by atoms with van der Waals surface area (Å²) >= 11 is 25.6. The van der Waals surface area contributed by atoms with E-state index < -0.39 is 52.3 Å². The molecule has 2 aliphatic rings. The lowest BCUT2D eigenvalue weighted by Gasteiger charge is -2.36. The van der Waals surface area contributed by atoms with Gasteiger partial charge in [0.1, 0.15) is 39.4 Å². The van der Waals surface area contributed by atoms with Crippen LogP contribution in [0.25, 0.3) is 0 Å². The van der Waals surface area contributed by atoms with Gasteiger partial charge >= 0.3 is 12.4 Å². The Kier molecular flexibility index (Phi) is 16.2. The Hall–Kier alpha value is -4.35. The van der Waals surface area contributed by atoms with Crippen molar-refractivity contribution in [1.82, 2.24) is 29.4 Å². The summed E-state index contributed by atoms with van der Waals surface area (Å²) in [6.45, 7) is 2.91. The molecule has 2 saturated heterocycles. The Morgan fingerprint density at radius 2 is 1.08 bits per heavy atom. The van der Waals surface area contributed by atoms with Gasteiger partial charge in [0.05, 0.1) is 35.0 Å². The topological polar surface area (TPSA) is 121 Å². The molecule has 13 nitrogen and oxygen atoms in total. The van der Waals surface area contributed by atoms with Crippen LogP contribution in [0.3, 0.4) is 0 Å². The fourth-order valence-electron chi connectivity index (χ4n) is 7.09. The van der Waals surface area contributed by atoms with Gasteiger partial charge in [-0.25, -0.2) is 4.68 Å². The zero-order valence-corrected chi connectivity index (χ0v) is 39.5. The summed E-state index contributed by atoms with van der Waals surface area (Å²) in [5.74, 6) is 0.350. The van der Waals surface area contributed by atoms with E-state index in [-0.39, 0.29) is 21.8 Å². The van der Waals surface area contributed by atoms with Gasteiger partial charge < -0.3 is 34.2 Å². The van der Waals surface area contributed by atoms with Crippen LogP contribution in [-0.2, 0) is 35.0 Å². The van der Waals surface area contributed by atoms with Crippen molar-refractivity contribution in [3.8, 4) is 11.5 Å². The minimum Gasteiger partial charge on any atom is -0.495 e. The molecule has 24 heteroatoms. The van der Waals surface area contributed by atoms with Crippen molar-refractivity contribution in [2.45, 2.75) is 31.5 Å². The van der Waals surface area contributed by atoms with Crippen molar-refractivity contribution in [3.63, 3.8) is 0 Å². The van der Waals surface area contributed by atoms with Crippen LogP contribution < -0.4 is 19.3 Å². The van der Waals surface area contributed by atoms with Crippen molar-refractivity contribution in [1.29, 1.82) is 0 Å². The first-order valence-electron chi connectivity index (χ1n) is 19.5. The molecule has 1 N–H and O–H groups in total. The Labute approximate surface area is 402 Å². The van der Waals surface area contributed by atoms with E-state index in [9.17, 15) is 41.0 Å². The van der Waals surface area contributed by atoms with Gasteiger partial charge in [0.15, 0.2) is 11.4 Å². The van der Waals surface area contributed by atoms with E-state index in [1.807, 2.05) is 24.3 Å². The van der Waals surface area contributed by atoms with E-state index in [1.165, 1.54) is 14.2 Å². The van der Waals surface area contributed by atoms with Crippen molar-refractivity contribution < 1.29 is 50.5 Å². The van der Waals surface area contributed by atoms with Gasteiger partial charge in [-0.05, 0) is 52.4 Å². The molecule has 350 valence electrons. The Morgan fingerprint density at radius 1 is 0.662 bits per heavy atom. The van der Waals surface area contributed by atoms with Crippen LogP contribution in [-0.4, -0.2) is 113 Å². The van der Waals surface area contributed by atoms with E-state index in [4.69, 9.17) is 55.9 Å². The molecular weight excluding hydrogens is 1070 g/mol. The predicted octanol–water partition coefficient (Wildman–Crippen LogP) is 8.82. The minimum atomic E-state index is -4.85. The minimum absolute atomic E-state index is 0.0804. The maximum Gasteiger partial charge on any atom is 0.436 e. The van der Waals surface area contributed by atoms with Crippen LogP contribution in [0.5, 0.6) is 11.5 Å². The number of benzene rings is 3. The molecule has 1 unspecified atom stereocenters. The fourth-order valence-corrected chi connectivity index (χ4v) is 8.60. The van der Waals surface area contributed by atoms with Gasteiger partial charge in [-0.3, -0.25) is 14.3 Å². The average molecular weight is 1110 g/mol. The van der Waals surface area contributed by atoms with E-state index in [2.05, 4.69) is 20.0 Å². The van der Waals surface area contributed by atoms with Gasteiger partial charge in [-0.15, -0.1) is 0 Å². The first-order valence-corrected chi connectivity index (χ1v) is 22.1. The molecule has 2 amide bonds. The van der Waals surface area contributed by atoms with Crippen molar-refractivity contribution >= 4 is 92.2 Å². The van der Waals surface area contributed by atoms with Gasteiger partial charge in [-0.2, -0.15) is 36.5 Å². The third kappa shape index (κ3) is 11.8. The number of rotatable bonds is 10. The highest BCUT2D eigenvalue weighted by Gasteiger charge is 2.41. The summed E-state index contributed by atoms with van der Waals surface area (Å²) in [5.41, 5.74) is -0.683. The number of anilines is 2. The number of aliphatic hydroxyl groups excluding tert-OH is 1. The lowest BCUT2D eigenvalue weighted by molar-refractivity contribution is -0.142. The summed E-state index contributed by atoms with van der Waals surface area (Å²) < 4.78 is 91.8. The van der Waals surface area contributed by atoms with Gasteiger partial charge in [-0.1, -0.05) is 76.7 Å². The SMILES string of the molecule is COc1cc(N2CCN(C(=O)Cn3nc(C(F)(F)F)c(Cl)c3C(O)c3ccccc3)CC2)ccc1Cl.COc1cc(N2CCN(C(=O)Cn3nc(C(F)(F)F)c(Cl)c3I)CC2)ccc1Cl. The summed E-state index contributed by atoms with van der Waals surface area (Å²) in [4.78, 5) is 32.9. The standard InChI is InChI=1S/C24H23Cl2F3N4O3.C17H16Cl2F3IN4O2/c1-36-18-13-16(7-8-17(18)25)31-9-11-32(12-10-31)19(34)14-33-21(20(26)23(30-33)24(27,28)29)22(35)15-5-3-2-4-6-15;1-29-12-8-10(2-3-11(12)18)25-4-6-26(7-5-25)13(28)9-27-16(23)14(19)15(24-27)17(20,21)22/h2-8,13,22,35H,9-12,14H2,1H3;2-3,8H,4-7,9H2,1H3. The van der Waals surface area contributed by atoms with Crippen molar-refractivity contribution in [2.75, 3.05) is 76.4 Å². The molecule has 65 heavy (non-hydrogen) atoms. The second-order valence-corrected chi connectivity index (χ2v) is 17.1. The maximum atomic E-state index is 13.5. The molecule has 0 aliphatic carbocycles. The molecule has 2 aromatic heterocycles. The van der Waals surface area contributed by atoms with Crippen LogP contribution in [0.2, 0.25) is 20.1 Å². The molecule has 4 heterocycles. The number of hydrogen-bond donors (Lipinski definition) is 1. The molecule has 7 rings (SSSR count). The van der Waals surface area contributed by atoms with E-state index in [0.717, 1.165) is 20.7 Å². The molecule has 3 aromatic carbocycles. The highest BCUT2D eigenvalue weighted by molar-refractivity contribution is 14.1. The van der Waals surface area contributed by atoms with Crippen LogP contribution in [0.15, 0.2) is 66.7 Å². The number of methoxy groups -OCH3 is 2. The second-order valence-electron chi connectivity index (χ2n) is 14.5. The van der Waals surface area contributed by atoms with Gasteiger partial charge in [0, 0.05) is 75.9 Å². The normalized spacial score (nSPS) is 15.1. The van der Waals surface area contributed by atoms with Crippen LogP contribution in [0.4, 0.5) is 37.7 Å². The summed E-state index contributed by atoms with van der Waals surface area (Å²) in [7, 11) is 3.06.